The SMILES string of the molecule is Cc1ccc(OCC(=O)NNS(=O)(=O)c2ccc3c(c2)CCCC3)cc1C. The summed E-state index contributed by atoms with van der Waals surface area (Å²) in [7, 11) is -3.82. The normalized spacial score (nSPS) is 13.7. The Balaban J connectivity index is 1.56. The maximum absolute atomic E-state index is 12.4. The summed E-state index contributed by atoms with van der Waals surface area (Å²) >= 11 is 0. The molecule has 1 aliphatic rings. The number of fused-ring (bicyclic) bond motifs is 1. The maximum atomic E-state index is 12.4. The van der Waals surface area contributed by atoms with Gasteiger partial charge in [0.2, 0.25) is 0 Å². The first-order valence-electron chi connectivity index (χ1n) is 8.98. The lowest BCUT2D eigenvalue weighted by atomic mass is 9.92. The molecule has 0 aromatic heterocycles. The first kappa shape index (κ1) is 19.4. The molecular weight excluding hydrogens is 364 g/mol. The monoisotopic (exact) mass is 388 g/mol. The standard InChI is InChI=1S/C20H24N2O4S/c1-14-7-9-18(11-15(14)2)26-13-20(23)21-22-27(24,25)19-10-8-16-5-3-4-6-17(16)12-19/h7-12,22H,3-6,13H2,1-2H3,(H,21,23). The smallest absolute Gasteiger partial charge is 0.272 e. The predicted octanol–water partition coefficient (Wildman–Crippen LogP) is 2.57. The molecule has 0 spiro atoms. The van der Waals surface area contributed by atoms with Crippen molar-refractivity contribution >= 4 is 15.9 Å². The van der Waals surface area contributed by atoms with E-state index in [1.165, 1.54) is 5.56 Å². The number of aryl methyl sites for hydroxylation is 4. The van der Waals surface area contributed by atoms with E-state index >= 15 is 0 Å². The minimum Gasteiger partial charge on any atom is -0.484 e. The number of carbonyl (C=O) groups is 1. The van der Waals surface area contributed by atoms with Crippen LogP contribution in [0.4, 0.5) is 0 Å². The van der Waals surface area contributed by atoms with E-state index in [1.54, 1.807) is 18.2 Å². The quantitative estimate of drug-likeness (QED) is 0.745. The van der Waals surface area contributed by atoms with Gasteiger partial charge in [-0.3, -0.25) is 10.2 Å². The van der Waals surface area contributed by atoms with Crippen molar-refractivity contribution in [1.82, 2.24) is 10.3 Å². The van der Waals surface area contributed by atoms with Crippen molar-refractivity contribution in [2.45, 2.75) is 44.4 Å². The van der Waals surface area contributed by atoms with E-state index in [1.807, 2.05) is 32.0 Å². The number of carbonyl (C=O) groups excluding carboxylic acids is 1. The van der Waals surface area contributed by atoms with Gasteiger partial charge in [-0.15, -0.1) is 4.83 Å². The zero-order valence-corrected chi connectivity index (χ0v) is 16.4. The predicted molar refractivity (Wildman–Crippen MR) is 103 cm³/mol. The Labute approximate surface area is 160 Å². The molecular formula is C20H24N2O4S. The van der Waals surface area contributed by atoms with Crippen LogP contribution in [0.5, 0.6) is 5.75 Å². The van der Waals surface area contributed by atoms with Crippen LogP contribution in [-0.2, 0) is 27.7 Å². The Hall–Kier alpha value is -2.38. The number of hydrazine groups is 1. The molecule has 27 heavy (non-hydrogen) atoms. The van der Waals surface area contributed by atoms with E-state index in [4.69, 9.17) is 4.74 Å². The van der Waals surface area contributed by atoms with Crippen LogP contribution in [-0.4, -0.2) is 20.9 Å². The Bertz CT molecular complexity index is 954. The highest BCUT2D eigenvalue weighted by atomic mass is 32.2. The molecule has 0 fully saturated rings. The summed E-state index contributed by atoms with van der Waals surface area (Å²) in [6.07, 6.45) is 4.06. The van der Waals surface area contributed by atoms with Gasteiger partial charge < -0.3 is 4.74 Å². The minimum atomic E-state index is -3.82. The van der Waals surface area contributed by atoms with E-state index in [2.05, 4.69) is 10.3 Å². The fourth-order valence-corrected chi connectivity index (χ4v) is 3.96. The molecule has 0 radical (unpaired) electrons. The lowest BCUT2D eigenvalue weighted by Crippen LogP contribution is -2.43. The summed E-state index contributed by atoms with van der Waals surface area (Å²) in [4.78, 5) is 14.2. The molecule has 1 amide bonds. The molecule has 144 valence electrons. The molecule has 1 aliphatic carbocycles. The second-order valence-corrected chi connectivity index (χ2v) is 8.51. The number of benzene rings is 2. The van der Waals surface area contributed by atoms with Crippen LogP contribution in [0.15, 0.2) is 41.3 Å². The van der Waals surface area contributed by atoms with Crippen LogP contribution in [0.1, 0.15) is 35.1 Å². The molecule has 2 aromatic rings. The largest absolute Gasteiger partial charge is 0.484 e. The molecule has 0 atom stereocenters. The number of sulfonamides is 1. The van der Waals surface area contributed by atoms with Crippen molar-refractivity contribution in [2.75, 3.05) is 6.61 Å². The highest BCUT2D eigenvalue weighted by Gasteiger charge is 2.18. The van der Waals surface area contributed by atoms with Crippen LogP contribution in [0, 0.1) is 13.8 Å². The summed E-state index contributed by atoms with van der Waals surface area (Å²) in [6.45, 7) is 3.66. The molecule has 0 unspecified atom stereocenters. The summed E-state index contributed by atoms with van der Waals surface area (Å²) in [5.74, 6) is -0.0134. The van der Waals surface area contributed by atoms with Crippen molar-refractivity contribution < 1.29 is 17.9 Å². The molecule has 0 bridgehead atoms. The van der Waals surface area contributed by atoms with Crippen molar-refractivity contribution in [3.63, 3.8) is 0 Å². The number of nitrogens with one attached hydrogen (secondary N) is 2. The van der Waals surface area contributed by atoms with Gasteiger partial charge in [-0.2, -0.15) is 0 Å². The summed E-state index contributed by atoms with van der Waals surface area (Å²) in [5, 5.41) is 0. The van der Waals surface area contributed by atoms with Crippen LogP contribution < -0.4 is 15.0 Å². The first-order chi connectivity index (χ1) is 12.8. The second-order valence-electron chi connectivity index (χ2n) is 6.83. The van der Waals surface area contributed by atoms with Gasteiger partial charge in [0.05, 0.1) is 4.90 Å². The minimum absolute atomic E-state index is 0.151. The Morgan fingerprint density at radius 3 is 2.48 bits per heavy atom. The molecule has 3 rings (SSSR count). The van der Waals surface area contributed by atoms with E-state index in [0.717, 1.165) is 42.4 Å². The Morgan fingerprint density at radius 1 is 1.00 bits per heavy atom. The van der Waals surface area contributed by atoms with Gasteiger partial charge in [0.1, 0.15) is 5.75 Å². The van der Waals surface area contributed by atoms with Gasteiger partial charge >= 0.3 is 0 Å². The second kappa shape index (κ2) is 8.10. The highest BCUT2D eigenvalue weighted by molar-refractivity contribution is 7.89. The van der Waals surface area contributed by atoms with Crippen LogP contribution >= 0.6 is 0 Å². The molecule has 0 heterocycles. The van der Waals surface area contributed by atoms with Gasteiger partial charge in [0, 0.05) is 0 Å². The number of rotatable bonds is 6. The van der Waals surface area contributed by atoms with E-state index < -0.39 is 15.9 Å². The summed E-state index contributed by atoms with van der Waals surface area (Å²) in [5.41, 5.74) is 6.65. The molecule has 2 aromatic carbocycles. The molecule has 6 nitrogen and oxygen atoms in total. The fraction of sp³-hybridized carbons (Fsp3) is 0.350. The molecule has 0 saturated carbocycles. The van der Waals surface area contributed by atoms with Crippen molar-refractivity contribution in [3.05, 3.63) is 58.7 Å². The third kappa shape index (κ3) is 4.87. The fourth-order valence-electron chi connectivity index (χ4n) is 3.05. The topological polar surface area (TPSA) is 84.5 Å². The first-order valence-corrected chi connectivity index (χ1v) is 10.5. The van der Waals surface area contributed by atoms with Gasteiger partial charge in [0.15, 0.2) is 6.61 Å². The third-order valence-corrected chi connectivity index (χ3v) is 6.05. The van der Waals surface area contributed by atoms with Crippen LogP contribution in [0.25, 0.3) is 0 Å². The number of amides is 1. The van der Waals surface area contributed by atoms with E-state index in [-0.39, 0.29) is 11.5 Å². The Morgan fingerprint density at radius 2 is 1.74 bits per heavy atom. The molecule has 7 heteroatoms. The Kier molecular flexibility index (Phi) is 5.82. The number of ether oxygens (including phenoxy) is 1. The summed E-state index contributed by atoms with van der Waals surface area (Å²) in [6, 6.07) is 10.6. The maximum Gasteiger partial charge on any atom is 0.272 e. The lowest BCUT2D eigenvalue weighted by molar-refractivity contribution is -0.123. The van der Waals surface area contributed by atoms with Crippen LogP contribution in [0.2, 0.25) is 0 Å². The third-order valence-electron chi connectivity index (χ3n) is 4.80. The van der Waals surface area contributed by atoms with Gasteiger partial charge in [-0.25, -0.2) is 8.42 Å². The number of hydrogen-bond donors (Lipinski definition) is 2. The number of hydrogen-bond acceptors (Lipinski definition) is 4. The lowest BCUT2D eigenvalue weighted by Gasteiger charge is -2.17. The van der Waals surface area contributed by atoms with Crippen molar-refractivity contribution in [2.24, 2.45) is 0 Å². The van der Waals surface area contributed by atoms with Crippen molar-refractivity contribution in [1.29, 1.82) is 0 Å². The zero-order chi connectivity index (χ0) is 19.4. The van der Waals surface area contributed by atoms with Gasteiger partial charge in [-0.05, 0) is 86.1 Å². The molecule has 0 aliphatic heterocycles. The molecule has 0 saturated heterocycles. The zero-order valence-electron chi connectivity index (χ0n) is 15.5. The van der Waals surface area contributed by atoms with Crippen LogP contribution in [0.3, 0.4) is 0 Å². The van der Waals surface area contributed by atoms with E-state index in [9.17, 15) is 13.2 Å². The molecule has 2 N–H and O–H groups in total. The van der Waals surface area contributed by atoms with Crippen molar-refractivity contribution in [3.8, 4) is 5.75 Å². The average molecular weight is 388 g/mol. The van der Waals surface area contributed by atoms with Gasteiger partial charge in [-0.1, -0.05) is 12.1 Å². The van der Waals surface area contributed by atoms with Gasteiger partial charge in [0.25, 0.3) is 15.9 Å². The summed E-state index contributed by atoms with van der Waals surface area (Å²) < 4.78 is 30.2. The highest BCUT2D eigenvalue weighted by Crippen LogP contribution is 2.23. The van der Waals surface area contributed by atoms with E-state index in [0.29, 0.717) is 5.75 Å². The average Bonchev–Trinajstić information content (AvgIpc) is 2.67.